The van der Waals surface area contributed by atoms with Gasteiger partial charge in [-0.15, -0.1) is 4.33 Å². The van der Waals surface area contributed by atoms with Crippen LogP contribution >= 0.6 is 105 Å². The molecule has 2 aliphatic rings. The third kappa shape index (κ3) is 4.59. The summed E-state index contributed by atoms with van der Waals surface area (Å²) in [6, 6.07) is 5.69. The maximum Gasteiger partial charge on any atom is 0.267 e. The van der Waals surface area contributed by atoms with Gasteiger partial charge in [-0.2, -0.15) is 0 Å². The number of pyridine rings is 1. The van der Waals surface area contributed by atoms with Gasteiger partial charge in [0.2, 0.25) is 5.78 Å². The van der Waals surface area contributed by atoms with Gasteiger partial charge < -0.3 is 5.11 Å². The van der Waals surface area contributed by atoms with Crippen LogP contribution < -0.4 is 4.90 Å². The molecule has 4 aromatic rings. The highest BCUT2D eigenvalue weighted by atomic mass is 35.5. The van der Waals surface area contributed by atoms with Gasteiger partial charge in [0.05, 0.1) is 96.9 Å². The zero-order chi connectivity index (χ0) is 31.9. The van der Waals surface area contributed by atoms with Crippen molar-refractivity contribution in [2.24, 2.45) is 0 Å². The SMILES string of the molecule is O=C1C(c2ccc3cc(SOOO)cc(N4C(=O)c5c(Cl)c(Cl)c(Cl)c(Cl)c5C4=O)c3n2)=C(O)c2c(Cl)c(Cl)c(Cl)c(Cl)c21. The molecule has 0 bridgehead atoms. The minimum absolute atomic E-state index is 0.00646. The lowest BCUT2D eigenvalue weighted by Gasteiger charge is -2.18. The highest BCUT2D eigenvalue weighted by molar-refractivity contribution is 7.94. The molecule has 1 aliphatic carbocycles. The number of Topliss-reactive ketones (excluding diaryl/α,β-unsaturated/α-hetero) is 1. The molecule has 0 atom stereocenters. The maximum absolute atomic E-state index is 13.7. The van der Waals surface area contributed by atoms with Crippen molar-refractivity contribution in [3.05, 3.63) is 92.4 Å². The number of aliphatic hydroxyl groups excluding tert-OH is 1. The van der Waals surface area contributed by atoms with E-state index in [4.69, 9.17) is 98.1 Å². The first-order valence-corrected chi connectivity index (χ1v) is 15.3. The van der Waals surface area contributed by atoms with E-state index in [1.54, 1.807) is 0 Å². The largest absolute Gasteiger partial charge is 0.506 e. The Morgan fingerprint density at radius 1 is 0.705 bits per heavy atom. The van der Waals surface area contributed by atoms with E-state index in [1.807, 2.05) is 0 Å². The molecular weight excluding hydrogens is 768 g/mol. The zero-order valence-electron chi connectivity index (χ0n) is 20.6. The summed E-state index contributed by atoms with van der Waals surface area (Å²) in [5, 5.41) is 21.9. The van der Waals surface area contributed by atoms with Gasteiger partial charge in [-0.05, 0) is 18.2 Å². The van der Waals surface area contributed by atoms with Gasteiger partial charge in [-0.3, -0.25) is 14.4 Å². The number of aromatic nitrogens is 1. The Hall–Kier alpha value is -2.03. The van der Waals surface area contributed by atoms with Gasteiger partial charge in [0, 0.05) is 10.3 Å². The third-order valence-electron chi connectivity index (χ3n) is 6.70. The number of carbonyl (C=O) groups is 3. The number of nitrogens with zero attached hydrogens (tertiary/aromatic N) is 2. The lowest BCUT2D eigenvalue weighted by Crippen LogP contribution is -2.30. The highest BCUT2D eigenvalue weighted by Crippen LogP contribution is 2.51. The number of fused-ring (bicyclic) bond motifs is 3. The number of halogens is 8. The average Bonchev–Trinajstić information content (AvgIpc) is 3.42. The molecule has 0 spiro atoms. The van der Waals surface area contributed by atoms with Crippen LogP contribution in [0.2, 0.25) is 40.2 Å². The summed E-state index contributed by atoms with van der Waals surface area (Å²) in [7, 11) is 0. The molecule has 0 fully saturated rings. The molecule has 0 unspecified atom stereocenters. The van der Waals surface area contributed by atoms with E-state index >= 15 is 0 Å². The standard InChI is InChI=1S/C26H6Cl8N2O7S/c27-14-10-11(15(28)19(32)18(14)31)24(38)9(23(10)37)7-2-1-5-3-6(44-43-42-41)4-8(22(5)35-7)36-25(39)12-13(26(36)40)17(30)21(34)20(33)16(12)29/h1-4,37,41H. The minimum atomic E-state index is -0.917. The molecular formula is C26H6Cl8N2O7S. The number of allylic oxidation sites excluding steroid dienone is 1. The van der Waals surface area contributed by atoms with Crippen LogP contribution in [0, 0.1) is 0 Å². The summed E-state index contributed by atoms with van der Waals surface area (Å²) in [5.74, 6) is -3.17. The number of amides is 2. The van der Waals surface area contributed by atoms with Gasteiger partial charge >= 0.3 is 0 Å². The summed E-state index contributed by atoms with van der Waals surface area (Å²) in [6.45, 7) is 0. The maximum atomic E-state index is 13.7. The third-order valence-corrected chi connectivity index (χ3v) is 10.9. The van der Waals surface area contributed by atoms with Crippen molar-refractivity contribution in [1.82, 2.24) is 4.98 Å². The summed E-state index contributed by atoms with van der Waals surface area (Å²) in [5.41, 5.74) is -1.46. The van der Waals surface area contributed by atoms with Crippen LogP contribution in [0.4, 0.5) is 5.69 Å². The van der Waals surface area contributed by atoms with Crippen LogP contribution in [0.15, 0.2) is 29.2 Å². The number of aliphatic hydroxyl groups is 1. The molecule has 2 amide bonds. The van der Waals surface area contributed by atoms with Crippen LogP contribution in [0.3, 0.4) is 0 Å². The fourth-order valence-electron chi connectivity index (χ4n) is 4.83. The molecule has 18 heteroatoms. The second-order valence-corrected chi connectivity index (χ2v) is 12.7. The summed E-state index contributed by atoms with van der Waals surface area (Å²) >= 11 is 50.4. The molecule has 0 saturated heterocycles. The van der Waals surface area contributed by atoms with Gasteiger partial charge in [0.25, 0.3) is 11.8 Å². The first-order valence-electron chi connectivity index (χ1n) is 11.5. The van der Waals surface area contributed by atoms with E-state index in [1.165, 1.54) is 24.3 Å². The van der Waals surface area contributed by atoms with Crippen LogP contribution in [0.5, 0.6) is 0 Å². The van der Waals surface area contributed by atoms with E-state index in [-0.39, 0.29) is 89.8 Å². The number of carbonyl (C=O) groups excluding carboxylic acids is 3. The lowest BCUT2D eigenvalue weighted by molar-refractivity contribution is -0.432. The van der Waals surface area contributed by atoms with Crippen molar-refractivity contribution < 1.29 is 34.1 Å². The van der Waals surface area contributed by atoms with E-state index in [0.29, 0.717) is 17.4 Å². The summed E-state index contributed by atoms with van der Waals surface area (Å²) < 4.78 is 4.54. The Morgan fingerprint density at radius 2 is 1.23 bits per heavy atom. The monoisotopic (exact) mass is 770 g/mol. The van der Waals surface area contributed by atoms with E-state index in [9.17, 15) is 19.5 Å². The number of benzene rings is 3. The van der Waals surface area contributed by atoms with Crippen LogP contribution in [0.25, 0.3) is 22.2 Å². The van der Waals surface area contributed by atoms with Gasteiger partial charge in [0.15, 0.2) is 0 Å². The number of rotatable bonds is 5. The molecule has 0 saturated carbocycles. The highest BCUT2D eigenvalue weighted by Gasteiger charge is 2.44. The number of hydrogen-bond acceptors (Lipinski definition) is 9. The normalized spacial score (nSPS) is 14.4. The molecule has 1 aromatic heterocycles. The first-order chi connectivity index (χ1) is 20.8. The van der Waals surface area contributed by atoms with Crippen molar-refractivity contribution in [3.63, 3.8) is 0 Å². The smallest absolute Gasteiger partial charge is 0.267 e. The fraction of sp³-hybridized carbons (Fsp3) is 0. The molecule has 9 nitrogen and oxygen atoms in total. The molecule has 224 valence electrons. The second-order valence-electron chi connectivity index (χ2n) is 8.95. The molecule has 3 aromatic carbocycles. The molecule has 2 N–H and O–H groups in total. The number of imide groups is 1. The lowest BCUT2D eigenvalue weighted by atomic mass is 10.0. The number of ketones is 1. The quantitative estimate of drug-likeness (QED) is 0.0509. The Kier molecular flexibility index (Phi) is 8.45. The van der Waals surface area contributed by atoms with Crippen LogP contribution in [-0.4, -0.2) is 32.9 Å². The Bertz CT molecular complexity index is 2040. The zero-order valence-corrected chi connectivity index (χ0v) is 27.4. The van der Waals surface area contributed by atoms with Crippen molar-refractivity contribution >= 4 is 150 Å². The van der Waals surface area contributed by atoms with Gasteiger partial charge in [-0.1, -0.05) is 104 Å². The van der Waals surface area contributed by atoms with Crippen molar-refractivity contribution in [1.29, 1.82) is 0 Å². The predicted octanol–water partition coefficient (Wildman–Crippen LogP) is 10.3. The van der Waals surface area contributed by atoms with E-state index in [2.05, 4.69) is 14.4 Å². The second kappa shape index (κ2) is 11.6. The molecule has 2 heterocycles. The summed E-state index contributed by atoms with van der Waals surface area (Å²) in [4.78, 5) is 46.5. The Labute approximate surface area is 289 Å². The Morgan fingerprint density at radius 3 is 1.77 bits per heavy atom. The predicted molar refractivity (Wildman–Crippen MR) is 170 cm³/mol. The minimum Gasteiger partial charge on any atom is -0.506 e. The van der Waals surface area contributed by atoms with Crippen LogP contribution in [-0.2, 0) is 9.37 Å². The van der Waals surface area contributed by atoms with E-state index in [0.717, 1.165) is 4.90 Å². The molecule has 0 radical (unpaired) electrons. The van der Waals surface area contributed by atoms with Crippen molar-refractivity contribution in [2.75, 3.05) is 4.90 Å². The summed E-state index contributed by atoms with van der Waals surface area (Å²) in [6.07, 6.45) is 0. The topological polar surface area (TPSA) is 126 Å². The molecule has 1 aliphatic heterocycles. The van der Waals surface area contributed by atoms with Crippen molar-refractivity contribution in [3.8, 4) is 0 Å². The Balaban J connectivity index is 1.59. The van der Waals surface area contributed by atoms with Crippen LogP contribution in [0.1, 0.15) is 42.3 Å². The van der Waals surface area contributed by atoms with Gasteiger partial charge in [-0.25, -0.2) is 15.1 Å². The average molecular weight is 774 g/mol. The molecule has 44 heavy (non-hydrogen) atoms. The van der Waals surface area contributed by atoms with Gasteiger partial charge in [0.1, 0.15) is 5.76 Å². The number of anilines is 1. The van der Waals surface area contributed by atoms with Crippen molar-refractivity contribution in [2.45, 2.75) is 4.90 Å². The molecule has 6 rings (SSSR count). The van der Waals surface area contributed by atoms with E-state index < -0.39 is 23.4 Å². The first kappa shape index (κ1) is 31.9. The number of hydrogen-bond donors (Lipinski definition) is 2. The fourth-order valence-corrected chi connectivity index (χ4v) is 7.32.